The standard InChI is InChI=1S/C14H14FNO3S/c1-2-7-16(8-14(18)19)13(17)10-20-9-11-3-5-12(15)6-4-11/h1,3-6H,7-10H2,(H,18,19). The van der Waals surface area contributed by atoms with Crippen molar-refractivity contribution in [3.05, 3.63) is 35.6 Å². The molecule has 0 saturated carbocycles. The van der Waals surface area contributed by atoms with Gasteiger partial charge in [-0.15, -0.1) is 18.2 Å². The summed E-state index contributed by atoms with van der Waals surface area (Å²) >= 11 is 1.33. The number of hydrogen-bond acceptors (Lipinski definition) is 3. The molecule has 0 aliphatic heterocycles. The number of terminal acetylenes is 1. The molecular formula is C14H14FNO3S. The Morgan fingerprint density at radius 2 is 2.00 bits per heavy atom. The van der Waals surface area contributed by atoms with Crippen LogP contribution in [0.4, 0.5) is 4.39 Å². The smallest absolute Gasteiger partial charge is 0.323 e. The lowest BCUT2D eigenvalue weighted by Gasteiger charge is -2.17. The fourth-order valence-electron chi connectivity index (χ4n) is 1.43. The van der Waals surface area contributed by atoms with Crippen LogP contribution in [0.2, 0.25) is 0 Å². The third kappa shape index (κ3) is 5.76. The average molecular weight is 295 g/mol. The maximum atomic E-state index is 12.7. The molecule has 0 unspecified atom stereocenters. The van der Waals surface area contributed by atoms with Gasteiger partial charge in [-0.05, 0) is 17.7 Å². The third-order valence-electron chi connectivity index (χ3n) is 2.37. The quantitative estimate of drug-likeness (QED) is 0.776. The van der Waals surface area contributed by atoms with Crippen molar-refractivity contribution in [3.8, 4) is 12.3 Å². The normalized spacial score (nSPS) is 9.80. The summed E-state index contributed by atoms with van der Waals surface area (Å²) in [6.07, 6.45) is 5.10. The average Bonchev–Trinajstić information content (AvgIpc) is 2.40. The van der Waals surface area contributed by atoms with Gasteiger partial charge in [0.15, 0.2) is 0 Å². The SMILES string of the molecule is C#CCN(CC(=O)O)C(=O)CSCc1ccc(F)cc1. The topological polar surface area (TPSA) is 57.6 Å². The van der Waals surface area contributed by atoms with Crippen LogP contribution in [-0.2, 0) is 15.3 Å². The third-order valence-corrected chi connectivity index (χ3v) is 3.36. The second kappa shape index (κ2) is 8.23. The fourth-order valence-corrected chi connectivity index (χ4v) is 2.32. The highest BCUT2D eigenvalue weighted by Crippen LogP contribution is 2.13. The first-order valence-electron chi connectivity index (χ1n) is 5.78. The van der Waals surface area contributed by atoms with Gasteiger partial charge in [0.25, 0.3) is 0 Å². The Balaban J connectivity index is 2.42. The van der Waals surface area contributed by atoms with Gasteiger partial charge in [-0.3, -0.25) is 9.59 Å². The maximum Gasteiger partial charge on any atom is 0.323 e. The molecule has 1 aromatic carbocycles. The molecule has 0 heterocycles. The van der Waals surface area contributed by atoms with E-state index in [0.29, 0.717) is 5.75 Å². The fraction of sp³-hybridized carbons (Fsp3) is 0.286. The summed E-state index contributed by atoms with van der Waals surface area (Å²) in [6.45, 7) is -0.428. The minimum absolute atomic E-state index is 0.0256. The zero-order valence-corrected chi connectivity index (χ0v) is 11.5. The van der Waals surface area contributed by atoms with Crippen molar-refractivity contribution in [2.75, 3.05) is 18.8 Å². The number of nitrogens with zero attached hydrogens (tertiary/aromatic N) is 1. The van der Waals surface area contributed by atoms with Crippen molar-refractivity contribution < 1.29 is 19.1 Å². The van der Waals surface area contributed by atoms with Gasteiger partial charge >= 0.3 is 5.97 Å². The molecule has 0 fully saturated rings. The molecule has 0 bridgehead atoms. The van der Waals surface area contributed by atoms with Crippen LogP contribution >= 0.6 is 11.8 Å². The van der Waals surface area contributed by atoms with E-state index < -0.39 is 12.5 Å². The summed E-state index contributed by atoms with van der Waals surface area (Å²) in [5.41, 5.74) is 0.894. The summed E-state index contributed by atoms with van der Waals surface area (Å²) in [4.78, 5) is 23.5. The highest BCUT2D eigenvalue weighted by atomic mass is 32.2. The lowest BCUT2D eigenvalue weighted by molar-refractivity contribution is -0.143. The first-order valence-corrected chi connectivity index (χ1v) is 6.93. The molecule has 6 heteroatoms. The van der Waals surface area contributed by atoms with Crippen LogP contribution in [0.15, 0.2) is 24.3 Å². The molecule has 1 aromatic rings. The lowest BCUT2D eigenvalue weighted by atomic mass is 10.2. The Labute approximate surface area is 121 Å². The lowest BCUT2D eigenvalue weighted by Crippen LogP contribution is -2.37. The number of hydrogen-bond donors (Lipinski definition) is 1. The maximum absolute atomic E-state index is 12.7. The number of carbonyl (C=O) groups excluding carboxylic acids is 1. The molecule has 1 rings (SSSR count). The van der Waals surface area contributed by atoms with Crippen LogP contribution in [0.1, 0.15) is 5.56 Å². The highest BCUT2D eigenvalue weighted by Gasteiger charge is 2.15. The van der Waals surface area contributed by atoms with E-state index in [0.717, 1.165) is 10.5 Å². The predicted molar refractivity (Wildman–Crippen MR) is 75.6 cm³/mol. The molecular weight excluding hydrogens is 281 g/mol. The molecule has 4 nitrogen and oxygen atoms in total. The Hall–Kier alpha value is -2.00. The van der Waals surface area contributed by atoms with Gasteiger partial charge in [0.1, 0.15) is 12.4 Å². The van der Waals surface area contributed by atoms with Gasteiger partial charge in [-0.1, -0.05) is 18.1 Å². The summed E-state index contributed by atoms with van der Waals surface area (Å²) in [5.74, 6) is 1.20. The summed E-state index contributed by atoms with van der Waals surface area (Å²) < 4.78 is 12.7. The van der Waals surface area contributed by atoms with Crippen LogP contribution < -0.4 is 0 Å². The molecule has 0 aromatic heterocycles. The molecule has 0 aliphatic rings. The largest absolute Gasteiger partial charge is 0.480 e. The molecule has 1 amide bonds. The molecule has 106 valence electrons. The van der Waals surface area contributed by atoms with Crippen LogP contribution in [0, 0.1) is 18.2 Å². The molecule has 20 heavy (non-hydrogen) atoms. The number of amides is 1. The van der Waals surface area contributed by atoms with Gasteiger partial charge < -0.3 is 10.0 Å². The number of aliphatic carboxylic acids is 1. The Kier molecular flexibility index (Phi) is 6.60. The number of carboxylic acid groups (broad SMARTS) is 1. The molecule has 0 radical (unpaired) electrons. The minimum atomic E-state index is -1.10. The Morgan fingerprint density at radius 1 is 1.35 bits per heavy atom. The van der Waals surface area contributed by atoms with E-state index >= 15 is 0 Å². The zero-order valence-electron chi connectivity index (χ0n) is 10.7. The molecule has 1 N–H and O–H groups in total. The van der Waals surface area contributed by atoms with Crippen molar-refractivity contribution in [3.63, 3.8) is 0 Å². The van der Waals surface area contributed by atoms with E-state index in [4.69, 9.17) is 11.5 Å². The van der Waals surface area contributed by atoms with E-state index in [9.17, 15) is 14.0 Å². The van der Waals surface area contributed by atoms with E-state index in [-0.39, 0.29) is 24.0 Å². The van der Waals surface area contributed by atoms with Crippen molar-refractivity contribution in [1.29, 1.82) is 0 Å². The highest BCUT2D eigenvalue weighted by molar-refractivity contribution is 7.99. The van der Waals surface area contributed by atoms with Gasteiger partial charge in [0.05, 0.1) is 12.3 Å². The molecule has 0 atom stereocenters. The second-order valence-corrected chi connectivity index (χ2v) is 4.95. The minimum Gasteiger partial charge on any atom is -0.480 e. The monoisotopic (exact) mass is 295 g/mol. The summed E-state index contributed by atoms with van der Waals surface area (Å²) in [6, 6.07) is 5.99. The summed E-state index contributed by atoms with van der Waals surface area (Å²) in [7, 11) is 0. The Bertz CT molecular complexity index is 510. The van der Waals surface area contributed by atoms with Crippen molar-refractivity contribution >= 4 is 23.6 Å². The van der Waals surface area contributed by atoms with Gasteiger partial charge in [0, 0.05) is 5.75 Å². The van der Waals surface area contributed by atoms with Crippen molar-refractivity contribution in [1.82, 2.24) is 4.90 Å². The van der Waals surface area contributed by atoms with Crippen molar-refractivity contribution in [2.24, 2.45) is 0 Å². The molecule has 0 spiro atoms. The van der Waals surface area contributed by atoms with E-state index in [1.165, 1.54) is 23.9 Å². The van der Waals surface area contributed by atoms with Crippen LogP contribution in [0.5, 0.6) is 0 Å². The van der Waals surface area contributed by atoms with Gasteiger partial charge in [-0.2, -0.15) is 0 Å². The first-order chi connectivity index (χ1) is 9.52. The van der Waals surface area contributed by atoms with Crippen LogP contribution in [0.3, 0.4) is 0 Å². The number of benzene rings is 1. The number of thioether (sulfide) groups is 1. The van der Waals surface area contributed by atoms with Crippen LogP contribution in [0.25, 0.3) is 0 Å². The number of rotatable bonds is 7. The number of carbonyl (C=O) groups is 2. The van der Waals surface area contributed by atoms with E-state index in [2.05, 4.69) is 5.92 Å². The predicted octanol–water partition coefficient (Wildman–Crippen LogP) is 1.61. The van der Waals surface area contributed by atoms with Crippen molar-refractivity contribution in [2.45, 2.75) is 5.75 Å². The van der Waals surface area contributed by atoms with Crippen LogP contribution in [-0.4, -0.2) is 40.7 Å². The zero-order chi connectivity index (χ0) is 15.0. The number of carboxylic acids is 1. The van der Waals surface area contributed by atoms with E-state index in [1.807, 2.05) is 0 Å². The van der Waals surface area contributed by atoms with Gasteiger partial charge in [-0.25, -0.2) is 4.39 Å². The molecule has 0 aliphatic carbocycles. The van der Waals surface area contributed by atoms with Gasteiger partial charge in [0.2, 0.25) is 5.91 Å². The van der Waals surface area contributed by atoms with E-state index in [1.54, 1.807) is 12.1 Å². The number of halogens is 1. The molecule has 0 saturated heterocycles. The summed E-state index contributed by atoms with van der Waals surface area (Å²) in [5, 5.41) is 8.68. The Morgan fingerprint density at radius 3 is 2.55 bits per heavy atom. The second-order valence-electron chi connectivity index (χ2n) is 3.97. The first kappa shape index (κ1) is 16.1.